The summed E-state index contributed by atoms with van der Waals surface area (Å²) in [5.74, 6) is -0.772. The molecule has 3 N–H and O–H groups in total. The summed E-state index contributed by atoms with van der Waals surface area (Å²) in [6, 6.07) is 7.21. The third-order valence-electron chi connectivity index (χ3n) is 5.03. The van der Waals surface area contributed by atoms with Gasteiger partial charge < -0.3 is 20.5 Å². The third kappa shape index (κ3) is 4.43. The van der Waals surface area contributed by atoms with Crippen LogP contribution in [0.25, 0.3) is 0 Å². The van der Waals surface area contributed by atoms with E-state index >= 15 is 0 Å². The summed E-state index contributed by atoms with van der Waals surface area (Å²) in [6.45, 7) is 0.800. The Bertz CT molecular complexity index is 701. The Labute approximate surface area is 153 Å². The molecular formula is C20H26N2O4. The van der Waals surface area contributed by atoms with Crippen molar-refractivity contribution in [3.63, 3.8) is 0 Å². The SMILES string of the molecule is O=C(NCCC1=CCCCC1)C(=O)NC[C@]1(O)CCOc2ccccc21. The van der Waals surface area contributed by atoms with Crippen molar-refractivity contribution in [1.82, 2.24) is 10.6 Å². The zero-order valence-electron chi connectivity index (χ0n) is 14.9. The lowest BCUT2D eigenvalue weighted by molar-refractivity contribution is -0.140. The van der Waals surface area contributed by atoms with E-state index in [1.165, 1.54) is 18.4 Å². The average molecular weight is 358 g/mol. The van der Waals surface area contributed by atoms with E-state index in [-0.39, 0.29) is 6.54 Å². The van der Waals surface area contributed by atoms with Crippen LogP contribution in [0.5, 0.6) is 5.75 Å². The molecule has 1 aromatic carbocycles. The monoisotopic (exact) mass is 358 g/mol. The summed E-state index contributed by atoms with van der Waals surface area (Å²) >= 11 is 0. The van der Waals surface area contributed by atoms with Crippen molar-refractivity contribution < 1.29 is 19.4 Å². The number of hydrogen-bond donors (Lipinski definition) is 3. The van der Waals surface area contributed by atoms with Gasteiger partial charge in [0.25, 0.3) is 0 Å². The van der Waals surface area contributed by atoms with Crippen LogP contribution in [0.4, 0.5) is 0 Å². The van der Waals surface area contributed by atoms with Crippen LogP contribution in [-0.4, -0.2) is 36.6 Å². The number of ether oxygens (including phenoxy) is 1. The van der Waals surface area contributed by atoms with E-state index in [0.29, 0.717) is 30.9 Å². The number of hydrogen-bond acceptors (Lipinski definition) is 4. The number of amides is 2. The molecule has 0 bridgehead atoms. The predicted molar refractivity (Wildman–Crippen MR) is 97.6 cm³/mol. The molecule has 6 heteroatoms. The molecule has 0 fully saturated rings. The van der Waals surface area contributed by atoms with Gasteiger partial charge in [-0.05, 0) is 38.2 Å². The highest BCUT2D eigenvalue weighted by Crippen LogP contribution is 2.36. The fourth-order valence-electron chi connectivity index (χ4n) is 3.48. The number of benzene rings is 1. The van der Waals surface area contributed by atoms with Gasteiger partial charge in [-0.2, -0.15) is 0 Å². The molecule has 26 heavy (non-hydrogen) atoms. The van der Waals surface area contributed by atoms with Crippen molar-refractivity contribution >= 4 is 11.8 Å². The average Bonchev–Trinajstić information content (AvgIpc) is 2.67. The smallest absolute Gasteiger partial charge is 0.309 e. The van der Waals surface area contributed by atoms with Gasteiger partial charge in [0.2, 0.25) is 0 Å². The fourth-order valence-corrected chi connectivity index (χ4v) is 3.48. The first-order chi connectivity index (χ1) is 12.6. The van der Waals surface area contributed by atoms with E-state index in [0.717, 1.165) is 19.3 Å². The molecule has 1 aliphatic heterocycles. The van der Waals surface area contributed by atoms with Crippen molar-refractivity contribution in [2.24, 2.45) is 0 Å². The minimum Gasteiger partial charge on any atom is -0.493 e. The lowest BCUT2D eigenvalue weighted by atomic mass is 9.88. The highest BCUT2D eigenvalue weighted by molar-refractivity contribution is 6.35. The molecule has 2 amide bonds. The second kappa shape index (κ2) is 8.36. The van der Waals surface area contributed by atoms with Crippen LogP contribution in [0.2, 0.25) is 0 Å². The first-order valence-electron chi connectivity index (χ1n) is 9.27. The van der Waals surface area contributed by atoms with Crippen molar-refractivity contribution in [3.05, 3.63) is 41.5 Å². The number of carbonyl (C=O) groups is 2. The lowest BCUT2D eigenvalue weighted by Crippen LogP contribution is -2.48. The molecule has 0 radical (unpaired) electrons. The molecule has 0 saturated heterocycles. The zero-order chi connectivity index (χ0) is 18.4. The number of carbonyl (C=O) groups excluding carboxylic acids is 2. The molecule has 3 rings (SSSR count). The van der Waals surface area contributed by atoms with E-state index in [1.54, 1.807) is 12.1 Å². The van der Waals surface area contributed by atoms with Crippen LogP contribution in [0.15, 0.2) is 35.9 Å². The van der Waals surface area contributed by atoms with Gasteiger partial charge in [0.15, 0.2) is 0 Å². The van der Waals surface area contributed by atoms with Crippen molar-refractivity contribution in [2.45, 2.75) is 44.1 Å². The highest BCUT2D eigenvalue weighted by atomic mass is 16.5. The van der Waals surface area contributed by atoms with E-state index in [9.17, 15) is 14.7 Å². The Kier molecular flexibility index (Phi) is 5.93. The second-order valence-corrected chi connectivity index (χ2v) is 6.92. The molecule has 0 aromatic heterocycles. The summed E-state index contributed by atoms with van der Waals surface area (Å²) in [6.07, 6.45) is 7.99. The Morgan fingerprint density at radius 2 is 1.96 bits per heavy atom. The number of fused-ring (bicyclic) bond motifs is 1. The fraction of sp³-hybridized carbons (Fsp3) is 0.500. The molecule has 140 valence electrons. The quantitative estimate of drug-likeness (QED) is 0.553. The molecule has 0 saturated carbocycles. The maximum absolute atomic E-state index is 12.0. The number of aliphatic hydroxyl groups is 1. The van der Waals surface area contributed by atoms with Gasteiger partial charge in [0.1, 0.15) is 11.4 Å². The van der Waals surface area contributed by atoms with E-state index in [2.05, 4.69) is 16.7 Å². The van der Waals surface area contributed by atoms with Gasteiger partial charge in [0.05, 0.1) is 13.2 Å². The van der Waals surface area contributed by atoms with Crippen molar-refractivity contribution in [1.29, 1.82) is 0 Å². The minimum absolute atomic E-state index is 0.0230. The lowest BCUT2D eigenvalue weighted by Gasteiger charge is -2.34. The van der Waals surface area contributed by atoms with Crippen LogP contribution in [0.1, 0.15) is 44.1 Å². The van der Waals surface area contributed by atoms with Gasteiger partial charge in [-0.25, -0.2) is 0 Å². The van der Waals surface area contributed by atoms with Crippen molar-refractivity contribution in [2.75, 3.05) is 19.7 Å². The Morgan fingerprint density at radius 1 is 1.15 bits per heavy atom. The molecular weight excluding hydrogens is 332 g/mol. The van der Waals surface area contributed by atoms with E-state index in [1.807, 2.05) is 12.1 Å². The first-order valence-corrected chi connectivity index (χ1v) is 9.27. The Morgan fingerprint density at radius 3 is 2.77 bits per heavy atom. The summed E-state index contributed by atoms with van der Waals surface area (Å²) < 4.78 is 5.53. The summed E-state index contributed by atoms with van der Waals surface area (Å²) in [7, 11) is 0. The maximum atomic E-state index is 12.0. The van der Waals surface area contributed by atoms with Gasteiger partial charge in [-0.15, -0.1) is 0 Å². The second-order valence-electron chi connectivity index (χ2n) is 6.92. The normalized spacial score (nSPS) is 21.8. The Hall–Kier alpha value is -2.34. The molecule has 6 nitrogen and oxygen atoms in total. The van der Waals surface area contributed by atoms with Crippen LogP contribution >= 0.6 is 0 Å². The number of nitrogens with one attached hydrogen (secondary N) is 2. The molecule has 1 aliphatic carbocycles. The minimum atomic E-state index is -1.22. The van der Waals surface area contributed by atoms with Gasteiger partial charge >= 0.3 is 11.8 Å². The molecule has 0 unspecified atom stereocenters. The molecule has 1 heterocycles. The maximum Gasteiger partial charge on any atom is 0.309 e. The van der Waals surface area contributed by atoms with Crippen LogP contribution in [0, 0.1) is 0 Å². The summed E-state index contributed by atoms with van der Waals surface area (Å²) in [5.41, 5.74) is 0.763. The molecule has 2 aliphatic rings. The Balaban J connectivity index is 1.47. The number of para-hydroxylation sites is 1. The first kappa shape index (κ1) is 18.5. The molecule has 1 atom stereocenters. The number of rotatable bonds is 5. The summed E-state index contributed by atoms with van der Waals surface area (Å²) in [5, 5.41) is 16.1. The van der Waals surface area contributed by atoms with Gasteiger partial charge in [-0.3, -0.25) is 9.59 Å². The van der Waals surface area contributed by atoms with Crippen LogP contribution in [0.3, 0.4) is 0 Å². The highest BCUT2D eigenvalue weighted by Gasteiger charge is 2.36. The topological polar surface area (TPSA) is 87.7 Å². The van der Waals surface area contributed by atoms with Crippen molar-refractivity contribution in [3.8, 4) is 5.75 Å². The van der Waals surface area contributed by atoms with E-state index in [4.69, 9.17) is 4.74 Å². The van der Waals surface area contributed by atoms with Gasteiger partial charge in [0, 0.05) is 18.5 Å². The standard InChI is InChI=1S/C20H26N2O4/c23-18(21-12-10-15-6-2-1-3-7-15)19(24)22-14-20(25)11-13-26-17-9-5-4-8-16(17)20/h4-6,8-9,25H,1-3,7,10-14H2,(H,21,23)(H,22,24)/t20-/m1/s1. The largest absolute Gasteiger partial charge is 0.493 e. The molecule has 1 aromatic rings. The summed E-state index contributed by atoms with van der Waals surface area (Å²) in [4.78, 5) is 24.0. The van der Waals surface area contributed by atoms with Gasteiger partial charge in [-0.1, -0.05) is 29.8 Å². The number of allylic oxidation sites excluding steroid dienone is 1. The van der Waals surface area contributed by atoms with E-state index < -0.39 is 17.4 Å². The van der Waals surface area contributed by atoms with Crippen LogP contribution < -0.4 is 15.4 Å². The molecule has 0 spiro atoms. The zero-order valence-corrected chi connectivity index (χ0v) is 14.9. The third-order valence-corrected chi connectivity index (χ3v) is 5.03. The van der Waals surface area contributed by atoms with Crippen LogP contribution in [-0.2, 0) is 15.2 Å². The predicted octanol–water partition coefficient (Wildman–Crippen LogP) is 1.78.